The quantitative estimate of drug-likeness (QED) is 0.298. The Hall–Kier alpha value is -3.77. The lowest BCUT2D eigenvalue weighted by atomic mass is 10.0. The molecule has 0 spiro atoms. The van der Waals surface area contributed by atoms with Crippen molar-refractivity contribution in [2.45, 2.75) is 40.2 Å². The first-order valence-corrected chi connectivity index (χ1v) is 13.2. The normalized spacial score (nSPS) is 11.4. The molecule has 0 saturated heterocycles. The molecule has 3 amide bonds. The van der Waals surface area contributed by atoms with E-state index < -0.39 is 25.5 Å². The lowest BCUT2D eigenvalue weighted by molar-refractivity contribution is 0.0451. The molecule has 3 aromatic rings. The van der Waals surface area contributed by atoms with Gasteiger partial charge in [-0.05, 0) is 71.0 Å². The summed E-state index contributed by atoms with van der Waals surface area (Å²) in [4.78, 5) is 26.2. The number of carbonyl (C=O) groups is 2. The van der Waals surface area contributed by atoms with Crippen LogP contribution in [0, 0.1) is 13.8 Å². The second-order valence-electron chi connectivity index (χ2n) is 9.38. The molecule has 190 valence electrons. The van der Waals surface area contributed by atoms with E-state index in [1.165, 1.54) is 5.01 Å². The first-order chi connectivity index (χ1) is 16.9. The summed E-state index contributed by atoms with van der Waals surface area (Å²) >= 11 is 0. The molecule has 0 aromatic heterocycles. The minimum absolute atomic E-state index is 0.334. The van der Waals surface area contributed by atoms with Crippen molar-refractivity contribution in [3.8, 4) is 11.5 Å². The third kappa shape index (κ3) is 7.62. The summed E-state index contributed by atoms with van der Waals surface area (Å²) in [7, 11) is -3.87. The van der Waals surface area contributed by atoms with Crippen molar-refractivity contribution in [3.63, 3.8) is 0 Å². The van der Waals surface area contributed by atoms with Crippen molar-refractivity contribution in [1.29, 1.82) is 0 Å². The summed E-state index contributed by atoms with van der Waals surface area (Å²) < 4.78 is 25.0. The van der Waals surface area contributed by atoms with Gasteiger partial charge in [-0.3, -0.25) is 4.79 Å². The average molecular weight is 510 g/mol. The second-order valence-corrected chi connectivity index (χ2v) is 11.3. The largest absolute Gasteiger partial charge is 0.449 e. The Morgan fingerprint density at radius 2 is 1.31 bits per heavy atom. The smallest absolute Gasteiger partial charge is 0.415 e. The lowest BCUT2D eigenvalue weighted by Gasteiger charge is -2.35. The van der Waals surface area contributed by atoms with Gasteiger partial charge in [-0.2, -0.15) is 0 Å². The number of benzene rings is 3. The number of aryl methyl sites for hydroxylation is 2. The molecule has 0 unspecified atom stereocenters. The van der Waals surface area contributed by atoms with Crippen LogP contribution in [-0.2, 0) is 4.57 Å². The van der Waals surface area contributed by atoms with Crippen LogP contribution in [0.3, 0.4) is 0 Å². The Morgan fingerprint density at radius 3 is 1.75 bits per heavy atom. The zero-order valence-corrected chi connectivity index (χ0v) is 22.0. The van der Waals surface area contributed by atoms with Crippen molar-refractivity contribution < 1.29 is 23.2 Å². The summed E-state index contributed by atoms with van der Waals surface area (Å²) in [5.74, 6) is 0.300. The van der Waals surface area contributed by atoms with E-state index >= 15 is 0 Å². The molecule has 0 bridgehead atoms. The molecule has 36 heavy (non-hydrogen) atoms. The van der Waals surface area contributed by atoms with Gasteiger partial charge in [-0.1, -0.05) is 53.6 Å². The summed E-state index contributed by atoms with van der Waals surface area (Å²) in [6.45, 7) is 9.21. The molecule has 0 aliphatic carbocycles. The van der Waals surface area contributed by atoms with Gasteiger partial charge < -0.3 is 14.4 Å². The molecule has 0 aliphatic heterocycles. The van der Waals surface area contributed by atoms with Gasteiger partial charge in [0.25, 0.3) is 5.91 Å². The highest BCUT2D eigenvalue weighted by molar-refractivity contribution is 7.54. The van der Waals surface area contributed by atoms with E-state index in [4.69, 9.17) is 9.05 Å². The minimum Gasteiger partial charge on any atom is -0.415 e. The van der Waals surface area contributed by atoms with Gasteiger partial charge in [-0.25, -0.2) is 19.8 Å². The lowest BCUT2D eigenvalue weighted by Crippen LogP contribution is -2.58. The highest BCUT2D eigenvalue weighted by Crippen LogP contribution is 2.47. The highest BCUT2D eigenvalue weighted by atomic mass is 31.2. The third-order valence-corrected chi connectivity index (χ3v) is 6.49. The predicted octanol–water partition coefficient (Wildman–Crippen LogP) is 6.07. The molecule has 0 radical (unpaired) electrons. The first-order valence-electron chi connectivity index (χ1n) is 11.5. The summed E-state index contributed by atoms with van der Waals surface area (Å²) in [5, 5.41) is 3.79. The van der Waals surface area contributed by atoms with Gasteiger partial charge in [0, 0.05) is 5.56 Å². The Morgan fingerprint density at radius 1 is 0.833 bits per heavy atom. The number of hydrazine groups is 1. The molecule has 0 fully saturated rings. The number of nitrogens with one attached hydrogen (secondary N) is 2. The Bertz CT molecular complexity index is 1180. The van der Waals surface area contributed by atoms with Crippen molar-refractivity contribution in [3.05, 3.63) is 95.6 Å². The van der Waals surface area contributed by atoms with Crippen LogP contribution in [-0.4, -0.2) is 28.8 Å². The fraction of sp³-hybridized carbons (Fsp3) is 0.259. The van der Waals surface area contributed by atoms with E-state index in [2.05, 4.69) is 10.7 Å². The number of nitrogens with zero attached hydrogens (tertiary/aromatic N) is 1. The molecule has 0 atom stereocenters. The van der Waals surface area contributed by atoms with Crippen LogP contribution in [0.4, 0.5) is 4.79 Å². The summed E-state index contributed by atoms with van der Waals surface area (Å²) in [6.07, 6.45) is -0.432. The maximum atomic E-state index is 13.6. The molecule has 8 nitrogen and oxygen atoms in total. The number of hydrogen-bond acceptors (Lipinski definition) is 5. The van der Waals surface area contributed by atoms with Crippen LogP contribution in [0.2, 0.25) is 0 Å². The molecule has 0 saturated carbocycles. The third-order valence-electron chi connectivity index (χ3n) is 4.96. The molecule has 3 aromatic carbocycles. The van der Waals surface area contributed by atoms with Crippen LogP contribution in [0.1, 0.15) is 42.3 Å². The van der Waals surface area contributed by atoms with E-state index in [1.54, 1.807) is 93.6 Å². The highest BCUT2D eigenvalue weighted by Gasteiger charge is 2.32. The van der Waals surface area contributed by atoms with Gasteiger partial charge in [-0.15, -0.1) is 0 Å². The van der Waals surface area contributed by atoms with Gasteiger partial charge in [0.1, 0.15) is 17.8 Å². The van der Waals surface area contributed by atoms with E-state index in [9.17, 15) is 14.2 Å². The SMILES string of the molecule is Cc1cc(C)cc(C(=O)N(NC(=O)NCP(=O)(Oc2ccccc2)Oc2ccccc2)C(C)(C)C)c1. The zero-order chi connectivity index (χ0) is 26.3. The molecule has 9 heteroatoms. The van der Waals surface area contributed by atoms with E-state index in [1.807, 2.05) is 19.9 Å². The van der Waals surface area contributed by atoms with Crippen LogP contribution >= 0.6 is 7.60 Å². The van der Waals surface area contributed by atoms with Crippen LogP contribution in [0.25, 0.3) is 0 Å². The fourth-order valence-electron chi connectivity index (χ4n) is 3.43. The van der Waals surface area contributed by atoms with Crippen molar-refractivity contribution in [2.75, 3.05) is 6.29 Å². The Balaban J connectivity index is 1.76. The monoisotopic (exact) mass is 509 g/mol. The summed E-state index contributed by atoms with van der Waals surface area (Å²) in [6, 6.07) is 21.9. The molecular weight excluding hydrogens is 477 g/mol. The Labute approximate surface area is 212 Å². The molecule has 0 aliphatic rings. The van der Waals surface area contributed by atoms with Crippen molar-refractivity contribution in [2.24, 2.45) is 0 Å². The number of hydrogen-bond donors (Lipinski definition) is 2. The minimum atomic E-state index is -3.87. The average Bonchev–Trinajstić information content (AvgIpc) is 2.81. The number of urea groups is 1. The van der Waals surface area contributed by atoms with Crippen molar-refractivity contribution in [1.82, 2.24) is 15.8 Å². The van der Waals surface area contributed by atoms with Crippen LogP contribution in [0.5, 0.6) is 11.5 Å². The van der Waals surface area contributed by atoms with Crippen LogP contribution < -0.4 is 19.8 Å². The van der Waals surface area contributed by atoms with Crippen molar-refractivity contribution >= 4 is 19.5 Å². The zero-order valence-electron chi connectivity index (χ0n) is 21.1. The van der Waals surface area contributed by atoms with E-state index in [-0.39, 0.29) is 5.91 Å². The first kappa shape index (κ1) is 26.8. The second kappa shape index (κ2) is 11.3. The molecular formula is C27H32N3O5P. The number of carbonyl (C=O) groups excluding carboxylic acids is 2. The maximum Gasteiger partial charge on any atom is 0.449 e. The summed E-state index contributed by atoms with van der Waals surface area (Å²) in [5.41, 5.74) is 4.19. The molecule has 3 rings (SSSR count). The van der Waals surface area contributed by atoms with E-state index in [0.29, 0.717) is 17.1 Å². The predicted molar refractivity (Wildman–Crippen MR) is 140 cm³/mol. The maximum absolute atomic E-state index is 13.6. The molecule has 2 N–H and O–H groups in total. The molecule has 0 heterocycles. The van der Waals surface area contributed by atoms with Gasteiger partial charge in [0.05, 0.1) is 5.54 Å². The van der Waals surface area contributed by atoms with Gasteiger partial charge >= 0.3 is 13.6 Å². The van der Waals surface area contributed by atoms with E-state index in [0.717, 1.165) is 11.1 Å². The van der Waals surface area contributed by atoms with Crippen LogP contribution in [0.15, 0.2) is 78.9 Å². The Kier molecular flexibility index (Phi) is 8.43. The number of amides is 3. The van der Waals surface area contributed by atoms with Gasteiger partial charge in [0.15, 0.2) is 0 Å². The standard InChI is InChI=1S/C27H32N3O5P/c1-20-16-21(2)18-22(17-20)25(31)30(27(3,4)5)29-26(32)28-19-36(33,34-23-12-8-6-9-13-23)35-24-14-10-7-11-15-24/h6-18H,19H2,1-5H3,(H2,28,29,32). The topological polar surface area (TPSA) is 97.0 Å². The van der Waals surface area contributed by atoms with Gasteiger partial charge in [0.2, 0.25) is 0 Å². The number of rotatable bonds is 7. The number of para-hydroxylation sites is 2. The fourth-order valence-corrected chi connectivity index (χ4v) is 4.82.